The van der Waals surface area contributed by atoms with Gasteiger partial charge in [-0.05, 0) is 30.5 Å². The molecule has 0 radical (unpaired) electrons. The van der Waals surface area contributed by atoms with Crippen molar-refractivity contribution in [3.8, 4) is 0 Å². The van der Waals surface area contributed by atoms with Gasteiger partial charge in [-0.1, -0.05) is 18.2 Å². The number of nitrogens with zero attached hydrogens (tertiary/aromatic N) is 3. The number of benzene rings is 1. The molecule has 1 aromatic carbocycles. The molecular formula is C24H35I2N3Pt. The molecule has 0 unspecified atom stereocenters. The summed E-state index contributed by atoms with van der Waals surface area (Å²) < 4.78 is 8.69. The molecule has 0 aliphatic heterocycles. The topological polar surface area (TPSA) is 13.1 Å². The number of imidazole rings is 1. The Morgan fingerprint density at radius 3 is 1.77 bits per heavy atom. The fourth-order valence-electron chi connectivity index (χ4n) is 4.67. The summed E-state index contributed by atoms with van der Waals surface area (Å²) in [6, 6.07) is 8.17. The molecule has 2 fully saturated rings. The molecule has 2 saturated carbocycles. The molecule has 3 nitrogen and oxygen atoms in total. The van der Waals surface area contributed by atoms with E-state index < -0.39 is 0 Å². The maximum atomic E-state index is 2.55. The molecular weight excluding hydrogens is 779 g/mol. The first-order valence-corrected chi connectivity index (χ1v) is 14.4. The Hall–Kier alpha value is 0.538. The number of aryl methyl sites for hydroxylation is 2. The first-order chi connectivity index (χ1) is 14.5. The molecule has 2 aromatic rings. The number of halogens is 2. The van der Waals surface area contributed by atoms with Gasteiger partial charge in [0, 0.05) is 52.3 Å². The number of aromatic nitrogens is 2. The fraction of sp³-hybridized carbons (Fsp3) is 0.625. The Labute approximate surface area is 221 Å². The van der Waals surface area contributed by atoms with Crippen LogP contribution in [0.4, 0.5) is 0 Å². The number of hydrogen-bond donors (Lipinski definition) is 0. The maximum absolute atomic E-state index is 2.55. The van der Waals surface area contributed by atoms with Gasteiger partial charge >= 0.3 is 121 Å². The van der Waals surface area contributed by atoms with Gasteiger partial charge in [0.1, 0.15) is 0 Å². The van der Waals surface area contributed by atoms with Crippen molar-refractivity contribution in [1.29, 1.82) is 0 Å². The summed E-state index contributed by atoms with van der Waals surface area (Å²) in [6.07, 6.45) is 18.8. The van der Waals surface area contributed by atoms with E-state index in [0.717, 1.165) is 18.6 Å². The Morgan fingerprint density at radius 1 is 0.833 bits per heavy atom. The average Bonchev–Trinajstić information content (AvgIpc) is 3.13. The summed E-state index contributed by atoms with van der Waals surface area (Å²) in [4.78, 5) is 0. The van der Waals surface area contributed by atoms with E-state index >= 15 is 0 Å². The van der Waals surface area contributed by atoms with Gasteiger partial charge in [0.15, 0.2) is 0 Å². The second-order valence-electron chi connectivity index (χ2n) is 8.82. The minimum atomic E-state index is 0.774. The van der Waals surface area contributed by atoms with Crippen LogP contribution >= 0.6 is 45.7 Å². The Balaban J connectivity index is 0.000000187. The van der Waals surface area contributed by atoms with Crippen LogP contribution in [-0.2, 0) is 25.9 Å². The van der Waals surface area contributed by atoms with Crippen LogP contribution < -0.4 is 0 Å². The monoisotopic (exact) mass is 814 g/mol. The molecule has 1 aromatic heterocycles. The van der Waals surface area contributed by atoms with Gasteiger partial charge in [0.05, 0.1) is 0 Å². The van der Waals surface area contributed by atoms with Crippen LogP contribution in [-0.4, -0.2) is 10.5 Å². The Morgan fingerprint density at radius 2 is 1.33 bits per heavy atom. The van der Waals surface area contributed by atoms with Crippen LogP contribution in [0.5, 0.6) is 0 Å². The minimum absolute atomic E-state index is 0.774. The Bertz CT molecular complexity index is 808. The van der Waals surface area contributed by atoms with E-state index in [-0.39, 0.29) is 0 Å². The first-order valence-electron chi connectivity index (χ1n) is 11.4. The molecule has 170 valence electrons. The zero-order valence-corrected chi connectivity index (χ0v) is 24.8. The van der Waals surface area contributed by atoms with Crippen molar-refractivity contribution in [3.63, 3.8) is 0 Å². The SMILES string of the molecule is Cc1ccc(CN(I)I)cc1C.[Pt]=[c]1n(C2CCCCC2)ccn1C1CCCCC1. The summed E-state index contributed by atoms with van der Waals surface area (Å²) in [5, 5.41) is 0. The molecule has 0 saturated heterocycles. The second-order valence-corrected chi connectivity index (χ2v) is 14.0. The zero-order chi connectivity index (χ0) is 21.5. The quantitative estimate of drug-likeness (QED) is 0.225. The van der Waals surface area contributed by atoms with Crippen LogP contribution in [0.1, 0.15) is 93.0 Å². The molecule has 0 N–H and O–H groups in total. The van der Waals surface area contributed by atoms with Gasteiger partial charge in [0.2, 0.25) is 0 Å². The molecule has 2 aliphatic rings. The average molecular weight is 814 g/mol. The third-order valence-corrected chi connectivity index (χ3v) is 8.45. The number of rotatable bonds is 4. The van der Waals surface area contributed by atoms with Gasteiger partial charge in [0.25, 0.3) is 0 Å². The molecule has 0 amide bonds. The molecule has 0 atom stereocenters. The summed E-state index contributed by atoms with van der Waals surface area (Å²) in [7, 11) is 0. The van der Waals surface area contributed by atoms with Gasteiger partial charge in [-0.2, -0.15) is 1.33 Å². The van der Waals surface area contributed by atoms with Crippen molar-refractivity contribution in [2.24, 2.45) is 0 Å². The van der Waals surface area contributed by atoms with Crippen LogP contribution in [0.25, 0.3) is 0 Å². The molecule has 6 heteroatoms. The van der Waals surface area contributed by atoms with Crippen LogP contribution in [0.2, 0.25) is 0 Å². The van der Waals surface area contributed by atoms with Crippen molar-refractivity contribution >= 4 is 45.7 Å². The molecule has 2 aliphatic carbocycles. The summed E-state index contributed by atoms with van der Waals surface area (Å²) in [5.41, 5.74) is 4.12. The standard InChI is InChI=1S/C15H24N2.C9H11I2N.Pt/c1-3-7-14(8-4-1)16-11-12-17(13-16)15-9-5-2-6-10-15;1-7-3-4-9(5-8(7)2)6-12(10)11;/h11-12,14-15H,1-10H2;3-5H,6H2,1-2H3;. The van der Waals surface area contributed by atoms with Gasteiger partial charge in [-0.15, -0.1) is 0 Å². The van der Waals surface area contributed by atoms with Crippen LogP contribution in [0, 0.1) is 17.7 Å². The van der Waals surface area contributed by atoms with Crippen molar-refractivity contribution in [1.82, 2.24) is 10.5 Å². The van der Waals surface area contributed by atoms with E-state index in [0.29, 0.717) is 0 Å². The van der Waals surface area contributed by atoms with Crippen LogP contribution in [0.15, 0.2) is 30.6 Å². The summed E-state index contributed by atoms with van der Waals surface area (Å²) in [5.74, 6) is 0. The second kappa shape index (κ2) is 12.7. The van der Waals surface area contributed by atoms with Gasteiger partial charge in [-0.25, -0.2) is 0 Å². The fourth-order valence-corrected chi connectivity index (χ4v) is 6.63. The molecule has 1 heterocycles. The van der Waals surface area contributed by atoms with E-state index in [1.54, 1.807) is 0 Å². The van der Waals surface area contributed by atoms with Crippen molar-refractivity contribution in [3.05, 3.63) is 51.1 Å². The number of hydrogen-bond acceptors (Lipinski definition) is 1. The van der Waals surface area contributed by atoms with Crippen molar-refractivity contribution < 1.29 is 19.4 Å². The Kier molecular flexibility index (Phi) is 10.6. The molecule has 30 heavy (non-hydrogen) atoms. The van der Waals surface area contributed by atoms with E-state index in [4.69, 9.17) is 0 Å². The van der Waals surface area contributed by atoms with Crippen molar-refractivity contribution in [2.45, 2.75) is 96.7 Å². The van der Waals surface area contributed by atoms with Crippen molar-refractivity contribution in [2.75, 3.05) is 0 Å². The predicted molar refractivity (Wildman–Crippen MR) is 139 cm³/mol. The summed E-state index contributed by atoms with van der Waals surface area (Å²) in [6.45, 7) is 5.30. The summed E-state index contributed by atoms with van der Waals surface area (Å²) >= 11 is 7.12. The molecule has 0 bridgehead atoms. The van der Waals surface area contributed by atoms with E-state index in [2.05, 4.69) is 120 Å². The third kappa shape index (κ3) is 7.28. The van der Waals surface area contributed by atoms with Gasteiger partial charge < -0.3 is 0 Å². The normalized spacial score (nSPS) is 18.4. The van der Waals surface area contributed by atoms with Crippen LogP contribution in [0.3, 0.4) is 0 Å². The molecule has 4 rings (SSSR count). The van der Waals surface area contributed by atoms with Gasteiger partial charge in [-0.3, -0.25) is 0 Å². The van der Waals surface area contributed by atoms with E-state index in [1.165, 1.54) is 84.7 Å². The first kappa shape index (κ1) is 25.2. The van der Waals surface area contributed by atoms with E-state index in [9.17, 15) is 0 Å². The zero-order valence-electron chi connectivity index (χ0n) is 18.2. The van der Waals surface area contributed by atoms with E-state index in [1.807, 2.05) is 0 Å². The third-order valence-electron chi connectivity index (χ3n) is 6.59. The predicted octanol–water partition coefficient (Wildman–Crippen LogP) is 8.18. The molecule has 0 spiro atoms.